The lowest BCUT2D eigenvalue weighted by molar-refractivity contribution is 0.243. The van der Waals surface area contributed by atoms with E-state index in [1.165, 1.54) is 25.7 Å². The van der Waals surface area contributed by atoms with E-state index in [2.05, 4.69) is 23.4 Å². The molecule has 0 amide bonds. The highest BCUT2D eigenvalue weighted by atomic mass is 15.1. The molecule has 1 aliphatic carbocycles. The molecule has 0 aliphatic heterocycles. The number of aryl methyl sites for hydroxylation is 1. The Morgan fingerprint density at radius 3 is 3.06 bits per heavy atom. The lowest BCUT2D eigenvalue weighted by atomic mass is 9.78. The maximum absolute atomic E-state index is 6.37. The maximum Gasteiger partial charge on any atom is 0.110 e. The summed E-state index contributed by atoms with van der Waals surface area (Å²) in [6.07, 6.45) is 10.2. The van der Waals surface area contributed by atoms with Crippen LogP contribution in [0.4, 0.5) is 0 Å². The molecule has 2 N–H and O–H groups in total. The van der Waals surface area contributed by atoms with Crippen LogP contribution < -0.4 is 5.73 Å². The number of hydrogen-bond donors (Lipinski definition) is 1. The van der Waals surface area contributed by atoms with E-state index >= 15 is 0 Å². The van der Waals surface area contributed by atoms with Crippen LogP contribution in [0.2, 0.25) is 0 Å². The van der Waals surface area contributed by atoms with Gasteiger partial charge < -0.3 is 10.3 Å². The number of imidazole rings is 1. The number of nitrogens with zero attached hydrogens (tertiary/aromatic N) is 2. The number of aromatic nitrogens is 2. The van der Waals surface area contributed by atoms with Gasteiger partial charge in [-0.3, -0.25) is 0 Å². The van der Waals surface area contributed by atoms with Crippen LogP contribution in [-0.2, 0) is 13.0 Å². The fourth-order valence-electron chi connectivity index (χ4n) is 3.07. The smallest absolute Gasteiger partial charge is 0.110 e. The van der Waals surface area contributed by atoms with Crippen molar-refractivity contribution in [2.45, 2.75) is 58.5 Å². The molecule has 1 saturated carbocycles. The zero-order valence-electron chi connectivity index (χ0n) is 11.1. The van der Waals surface area contributed by atoms with Crippen molar-refractivity contribution in [1.29, 1.82) is 0 Å². The molecule has 3 heteroatoms. The highest BCUT2D eigenvalue weighted by Crippen LogP contribution is 2.30. The van der Waals surface area contributed by atoms with Crippen LogP contribution >= 0.6 is 0 Å². The molecule has 96 valence electrons. The topological polar surface area (TPSA) is 43.8 Å². The molecule has 0 spiro atoms. The highest BCUT2D eigenvalue weighted by molar-refractivity contribution is 4.96. The molecule has 0 saturated heterocycles. The zero-order valence-corrected chi connectivity index (χ0v) is 11.1. The molecular formula is C14H25N3. The first-order chi connectivity index (χ1) is 8.20. The van der Waals surface area contributed by atoms with Crippen LogP contribution in [-0.4, -0.2) is 15.6 Å². The molecule has 2 rings (SSSR count). The van der Waals surface area contributed by atoms with Gasteiger partial charge >= 0.3 is 0 Å². The third-order valence-corrected chi connectivity index (χ3v) is 4.14. The van der Waals surface area contributed by atoms with E-state index in [1.54, 1.807) is 0 Å². The molecule has 0 aromatic carbocycles. The SMILES string of the molecule is CCn1ccnc1CC(N)C1CCCC(C)C1. The van der Waals surface area contributed by atoms with Crippen molar-refractivity contribution in [3.05, 3.63) is 18.2 Å². The predicted molar refractivity (Wildman–Crippen MR) is 70.7 cm³/mol. The van der Waals surface area contributed by atoms with Crippen LogP contribution in [0.3, 0.4) is 0 Å². The van der Waals surface area contributed by atoms with Crippen molar-refractivity contribution in [1.82, 2.24) is 9.55 Å². The van der Waals surface area contributed by atoms with Gasteiger partial charge in [-0.2, -0.15) is 0 Å². The summed E-state index contributed by atoms with van der Waals surface area (Å²) in [5, 5.41) is 0. The molecule has 1 heterocycles. The summed E-state index contributed by atoms with van der Waals surface area (Å²) < 4.78 is 2.20. The predicted octanol–water partition coefficient (Wildman–Crippen LogP) is 2.60. The quantitative estimate of drug-likeness (QED) is 0.871. The van der Waals surface area contributed by atoms with Gasteiger partial charge in [0.2, 0.25) is 0 Å². The van der Waals surface area contributed by atoms with Crippen molar-refractivity contribution in [3.63, 3.8) is 0 Å². The third-order valence-electron chi connectivity index (χ3n) is 4.14. The van der Waals surface area contributed by atoms with Crippen LogP contribution in [0.5, 0.6) is 0 Å². The second-order valence-electron chi connectivity index (χ2n) is 5.53. The summed E-state index contributed by atoms with van der Waals surface area (Å²) >= 11 is 0. The van der Waals surface area contributed by atoms with Crippen LogP contribution in [0.1, 0.15) is 45.4 Å². The normalized spacial score (nSPS) is 27.0. The Morgan fingerprint density at radius 1 is 1.53 bits per heavy atom. The fraction of sp³-hybridized carbons (Fsp3) is 0.786. The monoisotopic (exact) mass is 235 g/mol. The third kappa shape index (κ3) is 3.09. The average molecular weight is 235 g/mol. The lowest BCUT2D eigenvalue weighted by Gasteiger charge is -2.31. The molecule has 1 aliphatic rings. The fourth-order valence-corrected chi connectivity index (χ4v) is 3.07. The molecule has 1 aromatic heterocycles. The number of rotatable bonds is 4. The summed E-state index contributed by atoms with van der Waals surface area (Å²) in [6, 6.07) is 0.283. The van der Waals surface area contributed by atoms with Gasteiger partial charge in [-0.1, -0.05) is 19.8 Å². The van der Waals surface area contributed by atoms with E-state index < -0.39 is 0 Å². The van der Waals surface area contributed by atoms with E-state index in [1.807, 2.05) is 12.4 Å². The average Bonchev–Trinajstić information content (AvgIpc) is 2.76. The Balaban J connectivity index is 1.94. The van der Waals surface area contributed by atoms with Gasteiger partial charge in [0.25, 0.3) is 0 Å². The lowest BCUT2D eigenvalue weighted by Crippen LogP contribution is -2.36. The summed E-state index contributed by atoms with van der Waals surface area (Å²) in [6.45, 7) is 5.49. The van der Waals surface area contributed by atoms with E-state index in [4.69, 9.17) is 5.73 Å². The summed E-state index contributed by atoms with van der Waals surface area (Å²) in [4.78, 5) is 4.42. The van der Waals surface area contributed by atoms with Crippen molar-refractivity contribution in [2.75, 3.05) is 0 Å². The Labute approximate surface area is 104 Å². The molecule has 3 atom stereocenters. The summed E-state index contributed by atoms with van der Waals surface area (Å²) in [5.74, 6) is 2.70. The Bertz CT molecular complexity index is 345. The molecule has 1 aromatic rings. The van der Waals surface area contributed by atoms with Gasteiger partial charge in [0.15, 0.2) is 0 Å². The second-order valence-corrected chi connectivity index (χ2v) is 5.53. The minimum atomic E-state index is 0.283. The summed E-state index contributed by atoms with van der Waals surface area (Å²) in [7, 11) is 0. The van der Waals surface area contributed by atoms with Crippen molar-refractivity contribution < 1.29 is 0 Å². The first-order valence-corrected chi connectivity index (χ1v) is 6.96. The Hall–Kier alpha value is -0.830. The van der Waals surface area contributed by atoms with E-state index in [0.29, 0.717) is 5.92 Å². The van der Waals surface area contributed by atoms with Crippen LogP contribution in [0, 0.1) is 11.8 Å². The van der Waals surface area contributed by atoms with Crippen molar-refractivity contribution in [3.8, 4) is 0 Å². The first-order valence-electron chi connectivity index (χ1n) is 6.96. The van der Waals surface area contributed by atoms with Gasteiger partial charge in [0.1, 0.15) is 5.82 Å². The van der Waals surface area contributed by atoms with Crippen LogP contribution in [0.25, 0.3) is 0 Å². The van der Waals surface area contributed by atoms with E-state index in [-0.39, 0.29) is 6.04 Å². The van der Waals surface area contributed by atoms with Gasteiger partial charge in [0.05, 0.1) is 0 Å². The van der Waals surface area contributed by atoms with Crippen LogP contribution in [0.15, 0.2) is 12.4 Å². The summed E-state index contributed by atoms with van der Waals surface area (Å²) in [5.41, 5.74) is 6.37. The molecular weight excluding hydrogens is 210 g/mol. The minimum absolute atomic E-state index is 0.283. The van der Waals surface area contributed by atoms with Crippen molar-refractivity contribution in [2.24, 2.45) is 17.6 Å². The highest BCUT2D eigenvalue weighted by Gasteiger charge is 2.25. The van der Waals surface area contributed by atoms with Gasteiger partial charge in [0, 0.05) is 31.4 Å². The van der Waals surface area contributed by atoms with Gasteiger partial charge in [-0.15, -0.1) is 0 Å². The second kappa shape index (κ2) is 5.67. The van der Waals surface area contributed by atoms with Gasteiger partial charge in [-0.05, 0) is 31.6 Å². The standard InChI is InChI=1S/C14H25N3/c1-3-17-8-7-16-14(17)10-13(15)12-6-4-5-11(2)9-12/h7-8,11-13H,3-6,9-10,15H2,1-2H3. The molecule has 17 heavy (non-hydrogen) atoms. The molecule has 3 unspecified atom stereocenters. The molecule has 1 fully saturated rings. The number of nitrogens with two attached hydrogens (primary N) is 1. The van der Waals surface area contributed by atoms with E-state index in [9.17, 15) is 0 Å². The number of hydrogen-bond acceptors (Lipinski definition) is 2. The first kappa shape index (κ1) is 12.6. The minimum Gasteiger partial charge on any atom is -0.335 e. The Kier molecular flexibility index (Phi) is 4.21. The molecule has 0 bridgehead atoms. The Morgan fingerprint density at radius 2 is 2.35 bits per heavy atom. The van der Waals surface area contributed by atoms with Gasteiger partial charge in [-0.25, -0.2) is 4.98 Å². The zero-order chi connectivity index (χ0) is 12.3. The maximum atomic E-state index is 6.37. The molecule has 3 nitrogen and oxygen atoms in total. The van der Waals surface area contributed by atoms with E-state index in [0.717, 1.165) is 24.7 Å². The largest absolute Gasteiger partial charge is 0.335 e. The molecule has 0 radical (unpaired) electrons. The van der Waals surface area contributed by atoms with Crippen molar-refractivity contribution >= 4 is 0 Å².